The predicted molar refractivity (Wildman–Crippen MR) is 200 cm³/mol. The molecule has 0 saturated heterocycles. The van der Waals surface area contributed by atoms with Crippen molar-refractivity contribution in [2.24, 2.45) is 0 Å². The summed E-state index contributed by atoms with van der Waals surface area (Å²) in [5.74, 6) is 1.84. The maximum atomic E-state index is 6.73. The Balaban J connectivity index is 1.27. The molecule has 0 unspecified atom stereocenters. The van der Waals surface area contributed by atoms with Gasteiger partial charge in [-0.05, 0) is 52.1 Å². The van der Waals surface area contributed by atoms with Crippen LogP contribution in [0.5, 0.6) is 0 Å². The molecule has 0 spiro atoms. The van der Waals surface area contributed by atoms with E-state index in [9.17, 15) is 0 Å². The third-order valence-corrected chi connectivity index (χ3v) is 8.97. The van der Waals surface area contributed by atoms with Gasteiger partial charge in [-0.25, -0.2) is 15.0 Å². The van der Waals surface area contributed by atoms with Gasteiger partial charge in [0.1, 0.15) is 11.2 Å². The molecular formula is C45H29N3O. The minimum atomic E-state index is 0.595. The maximum absolute atomic E-state index is 6.73. The van der Waals surface area contributed by atoms with Crippen LogP contribution in [0.3, 0.4) is 0 Å². The molecule has 4 nitrogen and oxygen atoms in total. The number of hydrogen-bond donors (Lipinski definition) is 0. The zero-order valence-electron chi connectivity index (χ0n) is 26.5. The van der Waals surface area contributed by atoms with Gasteiger partial charge >= 0.3 is 0 Å². The van der Waals surface area contributed by atoms with Crippen molar-refractivity contribution in [1.82, 2.24) is 15.0 Å². The molecule has 2 aromatic heterocycles. The van der Waals surface area contributed by atoms with Crippen LogP contribution in [0, 0.1) is 0 Å². The Bertz CT molecular complexity index is 2500. The molecule has 230 valence electrons. The first-order chi connectivity index (χ1) is 24.3. The Kier molecular flexibility index (Phi) is 7.10. The highest BCUT2D eigenvalue weighted by Crippen LogP contribution is 2.42. The number of furan rings is 1. The molecule has 0 aliphatic carbocycles. The molecule has 0 aliphatic heterocycles. The SMILES string of the molecule is c1ccc(-c2ccc(-c3ccc4oc5c(-c6ccccc6)ccc(-c6nc(-c7ccccc7)nc(-c7ccccc7)n6)c5c4c3)cc2)cc1. The lowest BCUT2D eigenvalue weighted by atomic mass is 9.96. The van der Waals surface area contributed by atoms with Crippen LogP contribution in [0.2, 0.25) is 0 Å². The topological polar surface area (TPSA) is 51.8 Å². The second-order valence-electron chi connectivity index (χ2n) is 12.0. The van der Waals surface area contributed by atoms with Crippen LogP contribution in [0.25, 0.3) is 89.5 Å². The average Bonchev–Trinajstić information content (AvgIpc) is 3.58. The minimum Gasteiger partial charge on any atom is -0.455 e. The van der Waals surface area contributed by atoms with E-state index in [0.717, 1.165) is 60.9 Å². The molecular weight excluding hydrogens is 599 g/mol. The normalized spacial score (nSPS) is 11.3. The average molecular weight is 628 g/mol. The highest BCUT2D eigenvalue weighted by molar-refractivity contribution is 6.16. The van der Waals surface area contributed by atoms with Crippen molar-refractivity contribution in [2.45, 2.75) is 0 Å². The predicted octanol–water partition coefficient (Wildman–Crippen LogP) is 11.8. The molecule has 0 aliphatic rings. The third-order valence-electron chi connectivity index (χ3n) is 8.97. The number of benzene rings is 7. The number of hydrogen-bond acceptors (Lipinski definition) is 4. The van der Waals surface area contributed by atoms with E-state index < -0.39 is 0 Å². The fourth-order valence-electron chi connectivity index (χ4n) is 6.51. The highest BCUT2D eigenvalue weighted by atomic mass is 16.3. The molecule has 0 saturated carbocycles. The van der Waals surface area contributed by atoms with Gasteiger partial charge in [0, 0.05) is 33.0 Å². The van der Waals surface area contributed by atoms with Crippen molar-refractivity contribution < 1.29 is 4.42 Å². The summed E-state index contributed by atoms with van der Waals surface area (Å²) in [6.07, 6.45) is 0. The largest absolute Gasteiger partial charge is 0.455 e. The number of fused-ring (bicyclic) bond motifs is 3. The van der Waals surface area contributed by atoms with Crippen LogP contribution in [-0.4, -0.2) is 15.0 Å². The first kappa shape index (κ1) is 28.6. The van der Waals surface area contributed by atoms with Crippen LogP contribution < -0.4 is 0 Å². The molecule has 49 heavy (non-hydrogen) atoms. The Morgan fingerprint density at radius 1 is 0.327 bits per heavy atom. The van der Waals surface area contributed by atoms with E-state index >= 15 is 0 Å². The highest BCUT2D eigenvalue weighted by Gasteiger charge is 2.21. The number of rotatable bonds is 6. The van der Waals surface area contributed by atoms with Crippen LogP contribution in [0.15, 0.2) is 180 Å². The van der Waals surface area contributed by atoms with Gasteiger partial charge in [-0.2, -0.15) is 0 Å². The van der Waals surface area contributed by atoms with Crippen LogP contribution in [-0.2, 0) is 0 Å². The first-order valence-corrected chi connectivity index (χ1v) is 16.4. The van der Waals surface area contributed by atoms with E-state index in [0.29, 0.717) is 17.5 Å². The van der Waals surface area contributed by atoms with Crippen molar-refractivity contribution in [1.29, 1.82) is 0 Å². The molecule has 9 aromatic rings. The van der Waals surface area contributed by atoms with Gasteiger partial charge in [-0.1, -0.05) is 152 Å². The van der Waals surface area contributed by atoms with Gasteiger partial charge in [-0.15, -0.1) is 0 Å². The van der Waals surface area contributed by atoms with Crippen molar-refractivity contribution >= 4 is 21.9 Å². The molecule has 0 radical (unpaired) electrons. The maximum Gasteiger partial charge on any atom is 0.164 e. The minimum absolute atomic E-state index is 0.595. The van der Waals surface area contributed by atoms with E-state index in [1.807, 2.05) is 72.8 Å². The summed E-state index contributed by atoms with van der Waals surface area (Å²) < 4.78 is 6.73. The second kappa shape index (κ2) is 12.2. The quantitative estimate of drug-likeness (QED) is 0.184. The summed E-state index contributed by atoms with van der Waals surface area (Å²) >= 11 is 0. The Morgan fingerprint density at radius 2 is 0.755 bits per heavy atom. The third kappa shape index (κ3) is 5.35. The first-order valence-electron chi connectivity index (χ1n) is 16.4. The van der Waals surface area contributed by atoms with E-state index in [4.69, 9.17) is 19.4 Å². The van der Waals surface area contributed by atoms with Gasteiger partial charge in [-0.3, -0.25) is 0 Å². The van der Waals surface area contributed by atoms with Gasteiger partial charge in [0.15, 0.2) is 17.5 Å². The molecule has 0 fully saturated rings. The lowest BCUT2D eigenvalue weighted by Crippen LogP contribution is -2.00. The molecule has 4 heteroatoms. The Morgan fingerprint density at radius 3 is 1.33 bits per heavy atom. The summed E-state index contributed by atoms with van der Waals surface area (Å²) in [6.45, 7) is 0. The zero-order chi connectivity index (χ0) is 32.6. The second-order valence-corrected chi connectivity index (χ2v) is 12.0. The van der Waals surface area contributed by atoms with Crippen molar-refractivity contribution in [3.63, 3.8) is 0 Å². The molecule has 0 bridgehead atoms. The van der Waals surface area contributed by atoms with E-state index in [1.165, 1.54) is 11.1 Å². The summed E-state index contributed by atoms with van der Waals surface area (Å²) in [5, 5.41) is 1.98. The Labute approximate surface area is 284 Å². The van der Waals surface area contributed by atoms with Gasteiger partial charge in [0.25, 0.3) is 0 Å². The standard InChI is InChI=1S/C45H29N3O/c1-5-13-30(14-6-1)31-21-23-32(24-22-31)36-25-28-40-39(29-36)41-38(27-26-37(42(41)49-40)33-15-7-2-8-16-33)45-47-43(34-17-9-3-10-18-34)46-44(48-45)35-19-11-4-12-20-35/h1-29H. The summed E-state index contributed by atoms with van der Waals surface area (Å²) in [4.78, 5) is 15.1. The van der Waals surface area contributed by atoms with Crippen molar-refractivity contribution in [2.75, 3.05) is 0 Å². The molecule has 7 aromatic carbocycles. The van der Waals surface area contributed by atoms with Crippen molar-refractivity contribution in [3.05, 3.63) is 176 Å². The molecule has 9 rings (SSSR count). The molecule has 0 atom stereocenters. The van der Waals surface area contributed by atoms with Crippen LogP contribution >= 0.6 is 0 Å². The Hall–Kier alpha value is -6.65. The molecule has 0 N–H and O–H groups in total. The summed E-state index contributed by atoms with van der Waals surface area (Å²) in [7, 11) is 0. The van der Waals surface area contributed by atoms with E-state index in [1.54, 1.807) is 0 Å². The molecule has 2 heterocycles. The van der Waals surface area contributed by atoms with Gasteiger partial charge < -0.3 is 4.42 Å². The van der Waals surface area contributed by atoms with Crippen LogP contribution in [0.1, 0.15) is 0 Å². The summed E-state index contributed by atoms with van der Waals surface area (Å²) in [6, 6.07) is 60.4. The lowest BCUT2D eigenvalue weighted by Gasteiger charge is -2.11. The zero-order valence-corrected chi connectivity index (χ0v) is 26.5. The molecule has 0 amide bonds. The number of nitrogens with zero attached hydrogens (tertiary/aromatic N) is 3. The summed E-state index contributed by atoms with van der Waals surface area (Å²) in [5.41, 5.74) is 11.1. The number of aromatic nitrogens is 3. The monoisotopic (exact) mass is 627 g/mol. The van der Waals surface area contributed by atoms with Crippen LogP contribution in [0.4, 0.5) is 0 Å². The van der Waals surface area contributed by atoms with E-state index in [-0.39, 0.29) is 0 Å². The van der Waals surface area contributed by atoms with Gasteiger partial charge in [0.05, 0.1) is 0 Å². The lowest BCUT2D eigenvalue weighted by molar-refractivity contribution is 0.670. The van der Waals surface area contributed by atoms with Crippen molar-refractivity contribution in [3.8, 4) is 67.5 Å². The van der Waals surface area contributed by atoms with Gasteiger partial charge in [0.2, 0.25) is 0 Å². The fourth-order valence-corrected chi connectivity index (χ4v) is 6.51. The fraction of sp³-hybridized carbons (Fsp3) is 0. The van der Waals surface area contributed by atoms with E-state index in [2.05, 4.69) is 103 Å². The smallest absolute Gasteiger partial charge is 0.164 e.